The molecule has 8 nitrogen and oxygen atoms in total. The molecule has 0 unspecified atom stereocenters. The number of alkyl halides is 2. The molecule has 1 fully saturated rings. The van der Waals surface area contributed by atoms with Gasteiger partial charge >= 0.3 is 6.61 Å². The average molecular weight is 476 g/mol. The fraction of sp³-hybridized carbons (Fsp3) is 0.348. The highest BCUT2D eigenvalue weighted by Gasteiger charge is 2.24. The molecular weight excluding hydrogens is 453 g/mol. The molecule has 1 aliphatic heterocycles. The first-order valence-electron chi connectivity index (χ1n) is 10.6. The van der Waals surface area contributed by atoms with E-state index in [9.17, 15) is 18.0 Å². The number of aromatic nitrogens is 2. The van der Waals surface area contributed by atoms with Crippen LogP contribution in [0.5, 0.6) is 11.5 Å². The van der Waals surface area contributed by atoms with Gasteiger partial charge in [-0.25, -0.2) is 4.39 Å². The van der Waals surface area contributed by atoms with Crippen molar-refractivity contribution in [1.29, 1.82) is 0 Å². The van der Waals surface area contributed by atoms with E-state index >= 15 is 0 Å². The second-order valence-corrected chi connectivity index (χ2v) is 7.79. The fourth-order valence-corrected chi connectivity index (χ4v) is 3.65. The molecule has 0 bridgehead atoms. The monoisotopic (exact) mass is 476 g/mol. The van der Waals surface area contributed by atoms with Gasteiger partial charge in [-0.1, -0.05) is 11.2 Å². The summed E-state index contributed by atoms with van der Waals surface area (Å²) in [6, 6.07) is 8.88. The zero-order valence-corrected chi connectivity index (χ0v) is 18.6. The van der Waals surface area contributed by atoms with Crippen molar-refractivity contribution in [3.8, 4) is 22.9 Å². The molecule has 1 aliphatic rings. The Labute approximate surface area is 193 Å². The van der Waals surface area contributed by atoms with Gasteiger partial charge in [0.1, 0.15) is 5.82 Å². The molecule has 1 amide bonds. The molecule has 0 radical (unpaired) electrons. The van der Waals surface area contributed by atoms with E-state index in [1.165, 1.54) is 31.4 Å². The van der Waals surface area contributed by atoms with Gasteiger partial charge in [0.25, 0.3) is 5.91 Å². The van der Waals surface area contributed by atoms with Crippen molar-refractivity contribution in [1.82, 2.24) is 19.9 Å². The van der Waals surface area contributed by atoms with Gasteiger partial charge in [-0.05, 0) is 42.8 Å². The number of amides is 1. The zero-order chi connectivity index (χ0) is 24.2. The smallest absolute Gasteiger partial charge is 0.387 e. The van der Waals surface area contributed by atoms with Crippen LogP contribution in [-0.2, 0) is 6.54 Å². The van der Waals surface area contributed by atoms with E-state index in [1.807, 2.05) is 0 Å². The molecule has 0 spiro atoms. The number of carbonyl (C=O) groups is 1. The van der Waals surface area contributed by atoms with Crippen LogP contribution in [0.2, 0.25) is 0 Å². The third-order valence-corrected chi connectivity index (χ3v) is 5.54. The zero-order valence-electron chi connectivity index (χ0n) is 18.6. The van der Waals surface area contributed by atoms with Crippen LogP contribution in [0, 0.1) is 12.7 Å². The molecule has 3 aromatic rings. The number of piperazine rings is 1. The average Bonchev–Trinajstić information content (AvgIpc) is 3.29. The first kappa shape index (κ1) is 23.6. The SMILES string of the molecule is COc1cc(-c2noc(CN3CCN(C(=O)c4ccc(C)c(F)c4)CC3)n2)ccc1OC(F)F. The normalized spacial score (nSPS) is 14.5. The standard InChI is InChI=1S/C23H23F3N4O4/c1-14-3-4-16(11-17(14)24)22(31)30-9-7-29(8-10-30)13-20-27-21(28-34-20)15-5-6-18(33-23(25)26)19(12-15)32-2/h3-6,11-12,23H,7-10,13H2,1-2H3. The summed E-state index contributed by atoms with van der Waals surface area (Å²) in [5.74, 6) is 0.0934. The van der Waals surface area contributed by atoms with Crippen molar-refractivity contribution in [3.63, 3.8) is 0 Å². The van der Waals surface area contributed by atoms with Crippen LogP contribution in [0.15, 0.2) is 40.9 Å². The summed E-state index contributed by atoms with van der Waals surface area (Å²) >= 11 is 0. The van der Waals surface area contributed by atoms with Gasteiger partial charge in [-0.2, -0.15) is 13.8 Å². The summed E-state index contributed by atoms with van der Waals surface area (Å²) < 4.78 is 53.7. The third-order valence-electron chi connectivity index (χ3n) is 5.54. The Kier molecular flexibility index (Phi) is 7.01. The predicted octanol–water partition coefficient (Wildman–Crippen LogP) is 3.75. The molecule has 180 valence electrons. The van der Waals surface area contributed by atoms with Crippen molar-refractivity contribution in [2.75, 3.05) is 33.3 Å². The topological polar surface area (TPSA) is 80.9 Å². The van der Waals surface area contributed by atoms with Gasteiger partial charge in [0.15, 0.2) is 11.5 Å². The minimum atomic E-state index is -2.97. The predicted molar refractivity (Wildman–Crippen MR) is 115 cm³/mol. The number of benzene rings is 2. The molecule has 0 aliphatic carbocycles. The van der Waals surface area contributed by atoms with Crippen LogP contribution in [0.4, 0.5) is 13.2 Å². The van der Waals surface area contributed by atoms with Gasteiger partial charge < -0.3 is 18.9 Å². The van der Waals surface area contributed by atoms with Crippen molar-refractivity contribution in [3.05, 3.63) is 59.2 Å². The number of aryl methyl sites for hydroxylation is 1. The summed E-state index contributed by atoms with van der Waals surface area (Å²) in [7, 11) is 1.35. The Morgan fingerprint density at radius 2 is 1.88 bits per heavy atom. The summed E-state index contributed by atoms with van der Waals surface area (Å²) in [6.45, 7) is 1.22. The Balaban J connectivity index is 1.35. The number of ether oxygens (including phenoxy) is 2. The Morgan fingerprint density at radius 3 is 2.56 bits per heavy atom. The lowest BCUT2D eigenvalue weighted by Crippen LogP contribution is -2.48. The summed E-state index contributed by atoms with van der Waals surface area (Å²) in [4.78, 5) is 20.8. The molecule has 2 heterocycles. The number of hydrogen-bond acceptors (Lipinski definition) is 7. The minimum Gasteiger partial charge on any atom is -0.493 e. The maximum atomic E-state index is 13.8. The van der Waals surface area contributed by atoms with Crippen molar-refractivity contribution < 1.29 is 32.0 Å². The molecule has 11 heteroatoms. The summed E-state index contributed by atoms with van der Waals surface area (Å²) in [6.07, 6.45) is 0. The maximum absolute atomic E-state index is 13.8. The molecule has 1 saturated heterocycles. The molecule has 0 saturated carbocycles. The molecule has 2 aromatic carbocycles. The van der Waals surface area contributed by atoms with E-state index in [4.69, 9.17) is 9.26 Å². The number of halogens is 3. The van der Waals surface area contributed by atoms with E-state index in [0.29, 0.717) is 55.3 Å². The van der Waals surface area contributed by atoms with Gasteiger partial charge in [-0.3, -0.25) is 9.69 Å². The number of nitrogens with zero attached hydrogens (tertiary/aromatic N) is 4. The number of hydrogen-bond donors (Lipinski definition) is 0. The highest BCUT2D eigenvalue weighted by atomic mass is 19.3. The van der Waals surface area contributed by atoms with Crippen LogP contribution in [0.3, 0.4) is 0 Å². The van der Waals surface area contributed by atoms with Crippen molar-refractivity contribution in [2.24, 2.45) is 0 Å². The van der Waals surface area contributed by atoms with Gasteiger partial charge in [0.05, 0.1) is 13.7 Å². The van der Waals surface area contributed by atoms with E-state index in [2.05, 4.69) is 19.8 Å². The van der Waals surface area contributed by atoms with E-state index in [-0.39, 0.29) is 23.2 Å². The lowest BCUT2D eigenvalue weighted by molar-refractivity contribution is -0.0512. The molecule has 0 N–H and O–H groups in total. The second kappa shape index (κ2) is 10.1. The van der Waals surface area contributed by atoms with Crippen LogP contribution in [-0.4, -0.2) is 65.7 Å². The molecular formula is C23H23F3N4O4. The van der Waals surface area contributed by atoms with Crippen molar-refractivity contribution in [2.45, 2.75) is 20.1 Å². The van der Waals surface area contributed by atoms with E-state index in [0.717, 1.165) is 0 Å². The van der Waals surface area contributed by atoms with Crippen LogP contribution >= 0.6 is 0 Å². The number of rotatable bonds is 7. The summed E-state index contributed by atoms with van der Waals surface area (Å²) in [5, 5.41) is 3.96. The molecule has 1 aromatic heterocycles. The number of methoxy groups -OCH3 is 1. The van der Waals surface area contributed by atoms with Crippen molar-refractivity contribution >= 4 is 5.91 Å². The Bertz CT molecular complexity index is 1160. The molecule has 4 rings (SSSR count). The lowest BCUT2D eigenvalue weighted by atomic mass is 10.1. The maximum Gasteiger partial charge on any atom is 0.387 e. The van der Waals surface area contributed by atoms with E-state index in [1.54, 1.807) is 24.0 Å². The molecule has 34 heavy (non-hydrogen) atoms. The first-order chi connectivity index (χ1) is 16.3. The van der Waals surface area contributed by atoms with Crippen LogP contribution in [0.1, 0.15) is 21.8 Å². The Hall–Kier alpha value is -3.60. The lowest BCUT2D eigenvalue weighted by Gasteiger charge is -2.34. The molecule has 0 atom stereocenters. The third kappa shape index (κ3) is 5.30. The van der Waals surface area contributed by atoms with Crippen LogP contribution in [0.25, 0.3) is 11.4 Å². The second-order valence-electron chi connectivity index (χ2n) is 7.79. The quantitative estimate of drug-likeness (QED) is 0.514. The van der Waals surface area contributed by atoms with Gasteiger partial charge in [0.2, 0.25) is 11.7 Å². The van der Waals surface area contributed by atoms with E-state index < -0.39 is 12.4 Å². The highest BCUT2D eigenvalue weighted by Crippen LogP contribution is 2.32. The van der Waals surface area contributed by atoms with Crippen LogP contribution < -0.4 is 9.47 Å². The highest BCUT2D eigenvalue weighted by molar-refractivity contribution is 5.94. The number of carbonyl (C=O) groups excluding carboxylic acids is 1. The van der Waals surface area contributed by atoms with Gasteiger partial charge in [-0.15, -0.1) is 0 Å². The first-order valence-corrected chi connectivity index (χ1v) is 10.6. The largest absolute Gasteiger partial charge is 0.493 e. The summed E-state index contributed by atoms with van der Waals surface area (Å²) in [5.41, 5.74) is 1.35. The minimum absolute atomic E-state index is 0.0919. The Morgan fingerprint density at radius 1 is 1.12 bits per heavy atom. The fourth-order valence-electron chi connectivity index (χ4n) is 3.65. The van der Waals surface area contributed by atoms with Gasteiger partial charge in [0, 0.05) is 37.3 Å².